The van der Waals surface area contributed by atoms with Crippen molar-refractivity contribution in [2.45, 2.75) is 38.6 Å². The molecule has 1 aliphatic heterocycles. The first-order valence-electron chi connectivity index (χ1n) is 8.97. The molecule has 0 atom stereocenters. The van der Waals surface area contributed by atoms with E-state index in [0.717, 1.165) is 51.0 Å². The lowest BCUT2D eigenvalue weighted by molar-refractivity contribution is 0.195. The summed E-state index contributed by atoms with van der Waals surface area (Å²) in [5.74, 6) is 1.92. The maximum atomic E-state index is 5.05. The first kappa shape index (κ1) is 18.5. The fourth-order valence-corrected chi connectivity index (χ4v) is 2.87. The number of anilines is 1. The first-order chi connectivity index (χ1) is 11.8. The van der Waals surface area contributed by atoms with Gasteiger partial charge in [0.1, 0.15) is 5.82 Å². The molecule has 0 aliphatic carbocycles. The molecule has 24 heavy (non-hydrogen) atoms. The summed E-state index contributed by atoms with van der Waals surface area (Å²) in [4.78, 5) is 11.2. The van der Waals surface area contributed by atoms with Gasteiger partial charge in [0.15, 0.2) is 5.96 Å². The number of ether oxygens (including phenoxy) is 1. The van der Waals surface area contributed by atoms with E-state index in [1.807, 2.05) is 6.20 Å². The van der Waals surface area contributed by atoms with Crippen LogP contribution in [0.25, 0.3) is 0 Å². The number of pyridine rings is 1. The van der Waals surface area contributed by atoms with Gasteiger partial charge in [-0.3, -0.25) is 4.99 Å². The molecule has 1 aliphatic rings. The number of rotatable bonds is 7. The molecule has 2 heterocycles. The van der Waals surface area contributed by atoms with E-state index in [2.05, 4.69) is 37.6 Å². The van der Waals surface area contributed by atoms with Gasteiger partial charge >= 0.3 is 0 Å². The van der Waals surface area contributed by atoms with Crippen LogP contribution in [0.3, 0.4) is 0 Å². The average Bonchev–Trinajstić information content (AvgIpc) is 2.91. The van der Waals surface area contributed by atoms with Crippen LogP contribution in [-0.4, -0.2) is 51.3 Å². The Labute approximate surface area is 145 Å². The van der Waals surface area contributed by atoms with Crippen molar-refractivity contribution in [1.29, 1.82) is 0 Å². The molecule has 134 valence electrons. The second-order valence-corrected chi connectivity index (χ2v) is 6.12. The van der Waals surface area contributed by atoms with E-state index in [9.17, 15) is 0 Å². The van der Waals surface area contributed by atoms with Gasteiger partial charge < -0.3 is 20.3 Å². The van der Waals surface area contributed by atoms with Crippen molar-refractivity contribution in [3.8, 4) is 0 Å². The molecule has 0 amide bonds. The van der Waals surface area contributed by atoms with Crippen molar-refractivity contribution in [2.24, 2.45) is 4.99 Å². The van der Waals surface area contributed by atoms with Crippen LogP contribution in [0.5, 0.6) is 0 Å². The quantitative estimate of drug-likeness (QED) is 0.455. The Kier molecular flexibility index (Phi) is 8.38. The number of methoxy groups -OCH3 is 1. The van der Waals surface area contributed by atoms with Crippen LogP contribution in [-0.2, 0) is 11.3 Å². The molecule has 6 heteroatoms. The van der Waals surface area contributed by atoms with Gasteiger partial charge in [0, 0.05) is 53.1 Å². The molecule has 0 saturated carbocycles. The number of nitrogens with zero attached hydrogens (tertiary/aromatic N) is 3. The first-order valence-corrected chi connectivity index (χ1v) is 8.97. The van der Waals surface area contributed by atoms with Crippen molar-refractivity contribution in [2.75, 3.05) is 45.3 Å². The molecule has 1 aromatic rings. The lowest BCUT2D eigenvalue weighted by Crippen LogP contribution is -2.37. The van der Waals surface area contributed by atoms with Crippen LogP contribution < -0.4 is 15.5 Å². The van der Waals surface area contributed by atoms with Crippen molar-refractivity contribution in [1.82, 2.24) is 15.6 Å². The van der Waals surface area contributed by atoms with E-state index >= 15 is 0 Å². The van der Waals surface area contributed by atoms with Crippen molar-refractivity contribution < 1.29 is 4.74 Å². The normalized spacial score (nSPS) is 15.9. The van der Waals surface area contributed by atoms with Crippen LogP contribution >= 0.6 is 0 Å². The number of nitrogens with one attached hydrogen (secondary N) is 2. The molecular weight excluding hydrogens is 302 g/mol. The molecular formula is C18H31N5O. The average molecular weight is 333 g/mol. The summed E-state index contributed by atoms with van der Waals surface area (Å²) in [7, 11) is 3.51. The van der Waals surface area contributed by atoms with Crippen LogP contribution in [0.2, 0.25) is 0 Å². The molecule has 0 bridgehead atoms. The Hall–Kier alpha value is -1.82. The van der Waals surface area contributed by atoms with Gasteiger partial charge in [-0.1, -0.05) is 12.8 Å². The monoisotopic (exact) mass is 333 g/mol. The molecule has 2 rings (SSSR count). The highest BCUT2D eigenvalue weighted by atomic mass is 16.5. The highest BCUT2D eigenvalue weighted by Crippen LogP contribution is 2.18. The van der Waals surface area contributed by atoms with E-state index < -0.39 is 0 Å². The molecule has 0 aromatic carbocycles. The summed E-state index contributed by atoms with van der Waals surface area (Å²) in [6.07, 6.45) is 8.08. The minimum atomic E-state index is 0.743. The molecule has 0 spiro atoms. The zero-order valence-electron chi connectivity index (χ0n) is 15.1. The summed E-state index contributed by atoms with van der Waals surface area (Å²) in [5, 5.41) is 6.65. The van der Waals surface area contributed by atoms with E-state index in [0.29, 0.717) is 0 Å². The minimum absolute atomic E-state index is 0.743. The summed E-state index contributed by atoms with van der Waals surface area (Å²) in [6, 6.07) is 4.25. The molecule has 6 nitrogen and oxygen atoms in total. The van der Waals surface area contributed by atoms with Gasteiger partial charge in [0.2, 0.25) is 0 Å². The minimum Gasteiger partial charge on any atom is -0.385 e. The van der Waals surface area contributed by atoms with Crippen molar-refractivity contribution in [3.05, 3.63) is 23.9 Å². The number of aromatic nitrogens is 1. The second-order valence-electron chi connectivity index (χ2n) is 6.12. The maximum Gasteiger partial charge on any atom is 0.191 e. The molecule has 1 saturated heterocycles. The number of hydrogen-bond donors (Lipinski definition) is 2. The smallest absolute Gasteiger partial charge is 0.191 e. The van der Waals surface area contributed by atoms with Crippen LogP contribution in [0.15, 0.2) is 23.3 Å². The number of hydrogen-bond acceptors (Lipinski definition) is 4. The third-order valence-corrected chi connectivity index (χ3v) is 4.24. The summed E-state index contributed by atoms with van der Waals surface area (Å²) in [5.41, 5.74) is 1.23. The van der Waals surface area contributed by atoms with E-state index in [1.165, 1.54) is 31.2 Å². The van der Waals surface area contributed by atoms with Gasteiger partial charge in [-0.25, -0.2) is 4.98 Å². The third kappa shape index (κ3) is 6.35. The Morgan fingerprint density at radius 3 is 2.75 bits per heavy atom. The van der Waals surface area contributed by atoms with Gasteiger partial charge in [-0.2, -0.15) is 0 Å². The Morgan fingerprint density at radius 1 is 1.25 bits per heavy atom. The SMILES string of the molecule is CN=C(NCCCOC)NCc1ccnc(N2CCCCCC2)c1. The van der Waals surface area contributed by atoms with E-state index in [-0.39, 0.29) is 0 Å². The predicted octanol–water partition coefficient (Wildman–Crippen LogP) is 2.16. The Balaban J connectivity index is 1.84. The fraction of sp³-hybridized carbons (Fsp3) is 0.667. The highest BCUT2D eigenvalue weighted by molar-refractivity contribution is 5.79. The predicted molar refractivity (Wildman–Crippen MR) is 99.6 cm³/mol. The number of aliphatic imine (C=N–C) groups is 1. The van der Waals surface area contributed by atoms with Gasteiger partial charge in [-0.05, 0) is 37.0 Å². The molecule has 2 N–H and O–H groups in total. The van der Waals surface area contributed by atoms with Crippen LogP contribution in [0.1, 0.15) is 37.7 Å². The summed E-state index contributed by atoms with van der Waals surface area (Å²) < 4.78 is 5.05. The third-order valence-electron chi connectivity index (χ3n) is 4.24. The highest BCUT2D eigenvalue weighted by Gasteiger charge is 2.11. The molecule has 1 aromatic heterocycles. The van der Waals surface area contributed by atoms with E-state index in [1.54, 1.807) is 14.2 Å². The van der Waals surface area contributed by atoms with Gasteiger partial charge in [0.25, 0.3) is 0 Å². The fourth-order valence-electron chi connectivity index (χ4n) is 2.87. The molecule has 1 fully saturated rings. The lowest BCUT2D eigenvalue weighted by Gasteiger charge is -2.22. The summed E-state index contributed by atoms with van der Waals surface area (Å²) >= 11 is 0. The lowest BCUT2D eigenvalue weighted by atomic mass is 10.2. The molecule has 0 radical (unpaired) electrons. The van der Waals surface area contributed by atoms with E-state index in [4.69, 9.17) is 4.74 Å². The van der Waals surface area contributed by atoms with Gasteiger partial charge in [0.05, 0.1) is 0 Å². The second kappa shape index (κ2) is 10.9. The Bertz CT molecular complexity index is 498. The number of guanidine groups is 1. The van der Waals surface area contributed by atoms with Crippen molar-refractivity contribution in [3.63, 3.8) is 0 Å². The summed E-state index contributed by atoms with van der Waals surface area (Å²) in [6.45, 7) is 4.59. The topological polar surface area (TPSA) is 61.8 Å². The van der Waals surface area contributed by atoms with Crippen LogP contribution in [0.4, 0.5) is 5.82 Å². The maximum absolute atomic E-state index is 5.05. The zero-order valence-corrected chi connectivity index (χ0v) is 15.1. The largest absolute Gasteiger partial charge is 0.385 e. The zero-order chi connectivity index (χ0) is 17.0. The Morgan fingerprint density at radius 2 is 2.04 bits per heavy atom. The van der Waals surface area contributed by atoms with Gasteiger partial charge in [-0.15, -0.1) is 0 Å². The van der Waals surface area contributed by atoms with Crippen LogP contribution in [0, 0.1) is 0 Å². The van der Waals surface area contributed by atoms with Crippen molar-refractivity contribution >= 4 is 11.8 Å². The standard InChI is InChI=1S/C18H31N5O/c1-19-18(21-9-7-13-24-2)22-15-16-8-10-20-17(14-16)23-11-5-3-4-6-12-23/h8,10,14H,3-7,9,11-13,15H2,1-2H3,(H2,19,21,22). The molecule has 0 unspecified atom stereocenters.